The minimum Gasteiger partial charge on any atom is -0.325 e. The van der Waals surface area contributed by atoms with E-state index in [4.69, 9.17) is 5.26 Å². The Morgan fingerprint density at radius 1 is 1.12 bits per heavy atom. The standard InChI is InChI=1S/C19H22N4O3/c20-12-14-6-8-15(9-7-14)21-16(24)13-23-17(25)19(22-18(23)26)10-4-2-1-3-5-11-19/h6-9H,1-5,10-11,13H2,(H,21,24)(H,22,26). The fourth-order valence-corrected chi connectivity index (χ4v) is 3.64. The van der Waals surface area contributed by atoms with Crippen molar-refractivity contribution in [3.05, 3.63) is 29.8 Å². The first-order valence-corrected chi connectivity index (χ1v) is 8.98. The Labute approximate surface area is 152 Å². The molecule has 0 unspecified atom stereocenters. The van der Waals surface area contributed by atoms with Crippen LogP contribution in [0.4, 0.5) is 10.5 Å². The van der Waals surface area contributed by atoms with Crippen molar-refractivity contribution in [2.45, 2.75) is 50.5 Å². The van der Waals surface area contributed by atoms with Crippen LogP contribution in [-0.2, 0) is 9.59 Å². The van der Waals surface area contributed by atoms with E-state index < -0.39 is 17.5 Å². The molecule has 1 spiro atoms. The van der Waals surface area contributed by atoms with E-state index >= 15 is 0 Å². The maximum absolute atomic E-state index is 12.9. The quantitative estimate of drug-likeness (QED) is 0.814. The van der Waals surface area contributed by atoms with Crippen LogP contribution in [0.1, 0.15) is 50.5 Å². The lowest BCUT2D eigenvalue weighted by atomic mass is 9.84. The number of imide groups is 1. The molecule has 0 aromatic heterocycles. The van der Waals surface area contributed by atoms with Crippen molar-refractivity contribution in [3.8, 4) is 6.07 Å². The zero-order valence-electron chi connectivity index (χ0n) is 14.6. The molecule has 4 amide bonds. The largest absolute Gasteiger partial charge is 0.325 e. The number of urea groups is 1. The Kier molecular flexibility index (Phi) is 5.21. The van der Waals surface area contributed by atoms with Gasteiger partial charge in [-0.25, -0.2) is 4.79 Å². The number of nitrogens with zero attached hydrogens (tertiary/aromatic N) is 2. The van der Waals surface area contributed by atoms with Gasteiger partial charge in [0.25, 0.3) is 5.91 Å². The lowest BCUT2D eigenvalue weighted by Crippen LogP contribution is -2.47. The number of carbonyl (C=O) groups excluding carboxylic acids is 3. The van der Waals surface area contributed by atoms with E-state index in [1.165, 1.54) is 0 Å². The number of nitriles is 1. The molecule has 1 aliphatic carbocycles. The van der Waals surface area contributed by atoms with E-state index in [0.29, 0.717) is 24.1 Å². The van der Waals surface area contributed by atoms with Gasteiger partial charge in [0.15, 0.2) is 0 Å². The molecule has 26 heavy (non-hydrogen) atoms. The topological polar surface area (TPSA) is 102 Å². The molecule has 1 saturated carbocycles. The highest BCUT2D eigenvalue weighted by Crippen LogP contribution is 2.32. The van der Waals surface area contributed by atoms with Crippen molar-refractivity contribution in [1.29, 1.82) is 5.26 Å². The SMILES string of the molecule is N#Cc1ccc(NC(=O)CN2C(=O)NC3(CCCCCCC3)C2=O)cc1. The summed E-state index contributed by atoms with van der Waals surface area (Å²) >= 11 is 0. The highest BCUT2D eigenvalue weighted by Gasteiger charge is 2.50. The number of rotatable bonds is 3. The van der Waals surface area contributed by atoms with Gasteiger partial charge in [0.2, 0.25) is 5.91 Å². The molecule has 1 aromatic carbocycles. The van der Waals surface area contributed by atoms with E-state index in [2.05, 4.69) is 10.6 Å². The van der Waals surface area contributed by atoms with Crippen LogP contribution in [-0.4, -0.2) is 34.8 Å². The second-order valence-electron chi connectivity index (χ2n) is 6.91. The zero-order valence-corrected chi connectivity index (χ0v) is 14.6. The van der Waals surface area contributed by atoms with Crippen molar-refractivity contribution in [1.82, 2.24) is 10.2 Å². The molecule has 3 rings (SSSR count). The highest BCUT2D eigenvalue weighted by atomic mass is 16.2. The van der Waals surface area contributed by atoms with Crippen LogP contribution in [0, 0.1) is 11.3 Å². The number of carbonyl (C=O) groups is 3. The highest BCUT2D eigenvalue weighted by molar-refractivity contribution is 6.10. The normalized spacial score (nSPS) is 19.4. The van der Waals surface area contributed by atoms with Crippen molar-refractivity contribution in [2.75, 3.05) is 11.9 Å². The Hall–Kier alpha value is -2.88. The van der Waals surface area contributed by atoms with Gasteiger partial charge in [-0.05, 0) is 37.1 Å². The first kappa shape index (κ1) is 17.9. The first-order valence-electron chi connectivity index (χ1n) is 8.98. The number of hydrogen-bond acceptors (Lipinski definition) is 4. The molecule has 0 bridgehead atoms. The molecule has 0 atom stereocenters. The third-order valence-electron chi connectivity index (χ3n) is 5.05. The molecule has 1 saturated heterocycles. The molecule has 2 aliphatic rings. The fourth-order valence-electron chi connectivity index (χ4n) is 3.64. The van der Waals surface area contributed by atoms with Gasteiger partial charge in [-0.15, -0.1) is 0 Å². The molecule has 0 radical (unpaired) electrons. The van der Waals surface area contributed by atoms with E-state index in [-0.39, 0.29) is 12.5 Å². The minimum absolute atomic E-state index is 0.292. The number of amides is 4. The summed E-state index contributed by atoms with van der Waals surface area (Å²) in [7, 11) is 0. The lowest BCUT2D eigenvalue weighted by molar-refractivity contribution is -0.134. The van der Waals surface area contributed by atoms with E-state index in [0.717, 1.165) is 37.0 Å². The molecule has 7 heteroatoms. The number of anilines is 1. The van der Waals surface area contributed by atoms with Crippen LogP contribution in [0.3, 0.4) is 0 Å². The van der Waals surface area contributed by atoms with Gasteiger partial charge in [-0.1, -0.05) is 32.1 Å². The third kappa shape index (κ3) is 3.69. The molecule has 2 fully saturated rings. The van der Waals surface area contributed by atoms with Gasteiger partial charge < -0.3 is 10.6 Å². The number of benzene rings is 1. The van der Waals surface area contributed by atoms with E-state index in [1.54, 1.807) is 24.3 Å². The Morgan fingerprint density at radius 2 is 1.73 bits per heavy atom. The monoisotopic (exact) mass is 354 g/mol. The second kappa shape index (κ2) is 7.56. The van der Waals surface area contributed by atoms with Crippen molar-refractivity contribution < 1.29 is 14.4 Å². The average molecular weight is 354 g/mol. The summed E-state index contributed by atoms with van der Waals surface area (Å²) in [6.45, 7) is -0.313. The Bertz CT molecular complexity index is 743. The number of hydrogen-bond donors (Lipinski definition) is 2. The summed E-state index contributed by atoms with van der Waals surface area (Å²) < 4.78 is 0. The summed E-state index contributed by atoms with van der Waals surface area (Å²) in [4.78, 5) is 38.4. The van der Waals surface area contributed by atoms with Crippen LogP contribution in [0.2, 0.25) is 0 Å². The summed E-state index contributed by atoms with van der Waals surface area (Å²) in [6.07, 6.45) is 6.34. The van der Waals surface area contributed by atoms with Crippen molar-refractivity contribution >= 4 is 23.5 Å². The van der Waals surface area contributed by atoms with Crippen LogP contribution in [0.5, 0.6) is 0 Å². The van der Waals surface area contributed by atoms with E-state index in [9.17, 15) is 14.4 Å². The van der Waals surface area contributed by atoms with Gasteiger partial charge in [0, 0.05) is 5.69 Å². The summed E-state index contributed by atoms with van der Waals surface area (Å²) in [5.41, 5.74) is 0.164. The maximum Gasteiger partial charge on any atom is 0.325 e. The average Bonchev–Trinajstić information content (AvgIpc) is 2.84. The Morgan fingerprint density at radius 3 is 2.35 bits per heavy atom. The minimum atomic E-state index is -0.841. The molecule has 136 valence electrons. The van der Waals surface area contributed by atoms with E-state index in [1.807, 2.05) is 6.07 Å². The summed E-state index contributed by atoms with van der Waals surface area (Å²) in [5.74, 6) is -0.736. The molecular formula is C19H22N4O3. The molecule has 1 aromatic rings. The summed E-state index contributed by atoms with van der Waals surface area (Å²) in [5, 5.41) is 14.3. The van der Waals surface area contributed by atoms with Crippen LogP contribution in [0.15, 0.2) is 24.3 Å². The van der Waals surface area contributed by atoms with Gasteiger partial charge in [0.05, 0.1) is 11.6 Å². The summed E-state index contributed by atoms with van der Waals surface area (Å²) in [6, 6.07) is 7.91. The lowest BCUT2D eigenvalue weighted by Gasteiger charge is -2.28. The van der Waals surface area contributed by atoms with Gasteiger partial charge in [0.1, 0.15) is 12.1 Å². The molecular weight excluding hydrogens is 332 g/mol. The van der Waals surface area contributed by atoms with Gasteiger partial charge in [-0.3, -0.25) is 14.5 Å². The fraction of sp³-hybridized carbons (Fsp3) is 0.474. The molecule has 1 heterocycles. The van der Waals surface area contributed by atoms with Gasteiger partial charge >= 0.3 is 6.03 Å². The Balaban J connectivity index is 1.65. The molecule has 2 N–H and O–H groups in total. The smallest absolute Gasteiger partial charge is 0.325 e. The van der Waals surface area contributed by atoms with Crippen molar-refractivity contribution in [2.24, 2.45) is 0 Å². The van der Waals surface area contributed by atoms with Crippen LogP contribution in [0.25, 0.3) is 0 Å². The second-order valence-corrected chi connectivity index (χ2v) is 6.91. The third-order valence-corrected chi connectivity index (χ3v) is 5.05. The van der Waals surface area contributed by atoms with Crippen LogP contribution < -0.4 is 10.6 Å². The predicted octanol–water partition coefficient (Wildman–Crippen LogP) is 2.53. The molecule has 7 nitrogen and oxygen atoms in total. The number of nitrogens with one attached hydrogen (secondary N) is 2. The first-order chi connectivity index (χ1) is 12.5. The van der Waals surface area contributed by atoms with Crippen molar-refractivity contribution in [3.63, 3.8) is 0 Å². The maximum atomic E-state index is 12.9. The zero-order chi connectivity index (χ0) is 18.6. The molecule has 1 aliphatic heterocycles. The predicted molar refractivity (Wildman–Crippen MR) is 95.1 cm³/mol. The van der Waals surface area contributed by atoms with Crippen LogP contribution >= 0.6 is 0 Å². The van der Waals surface area contributed by atoms with Gasteiger partial charge in [-0.2, -0.15) is 5.26 Å².